The zero-order valence-corrected chi connectivity index (χ0v) is 12.1. The molecule has 0 aliphatic carbocycles. The molecule has 2 heteroatoms. The first-order valence-electron chi connectivity index (χ1n) is 6.77. The third-order valence-corrected chi connectivity index (χ3v) is 3.88. The monoisotopic (exact) mass is 229 g/mol. The minimum absolute atomic E-state index is 0.0119. The fourth-order valence-corrected chi connectivity index (χ4v) is 1.93. The summed E-state index contributed by atoms with van der Waals surface area (Å²) < 4.78 is 0. The Hall–Kier alpha value is -0.0800. The molecule has 0 spiro atoms. The van der Waals surface area contributed by atoms with Crippen LogP contribution in [0.5, 0.6) is 0 Å². The van der Waals surface area contributed by atoms with Crippen LogP contribution in [0.3, 0.4) is 0 Å². The highest BCUT2D eigenvalue weighted by Crippen LogP contribution is 2.23. The summed E-state index contributed by atoms with van der Waals surface area (Å²) in [4.78, 5) is 2.48. The lowest BCUT2D eigenvalue weighted by Crippen LogP contribution is -2.42. The SMILES string of the molecule is CCC(CC)CN(CC)CC(C)(C)C(C)O. The summed E-state index contributed by atoms with van der Waals surface area (Å²) in [5.74, 6) is 0.796. The normalized spacial score (nSPS) is 14.8. The first-order valence-corrected chi connectivity index (χ1v) is 6.77. The Morgan fingerprint density at radius 3 is 1.94 bits per heavy atom. The van der Waals surface area contributed by atoms with Crippen LogP contribution in [-0.4, -0.2) is 35.7 Å². The lowest BCUT2D eigenvalue weighted by atomic mass is 9.86. The molecule has 1 atom stereocenters. The van der Waals surface area contributed by atoms with Crippen molar-refractivity contribution >= 4 is 0 Å². The number of rotatable bonds is 8. The molecule has 0 aromatic heterocycles. The molecule has 1 N–H and O–H groups in total. The van der Waals surface area contributed by atoms with Crippen molar-refractivity contribution in [2.24, 2.45) is 11.3 Å². The van der Waals surface area contributed by atoms with Gasteiger partial charge in [0.25, 0.3) is 0 Å². The summed E-state index contributed by atoms with van der Waals surface area (Å²) in [5, 5.41) is 9.75. The van der Waals surface area contributed by atoms with Gasteiger partial charge in [0.1, 0.15) is 0 Å². The van der Waals surface area contributed by atoms with Crippen molar-refractivity contribution in [1.82, 2.24) is 4.90 Å². The van der Waals surface area contributed by atoms with Crippen molar-refractivity contribution < 1.29 is 5.11 Å². The topological polar surface area (TPSA) is 23.5 Å². The Morgan fingerprint density at radius 1 is 1.12 bits per heavy atom. The predicted octanol–water partition coefficient (Wildman–Crippen LogP) is 3.15. The highest BCUT2D eigenvalue weighted by molar-refractivity contribution is 4.79. The number of hydrogen-bond donors (Lipinski definition) is 1. The molecule has 0 aromatic carbocycles. The average Bonchev–Trinajstić information content (AvgIpc) is 2.23. The van der Waals surface area contributed by atoms with Crippen LogP contribution in [0.2, 0.25) is 0 Å². The molecule has 98 valence electrons. The fraction of sp³-hybridized carbons (Fsp3) is 1.00. The van der Waals surface area contributed by atoms with Crippen LogP contribution in [0.25, 0.3) is 0 Å². The van der Waals surface area contributed by atoms with Gasteiger partial charge in [0.15, 0.2) is 0 Å². The molecule has 1 unspecified atom stereocenters. The second-order valence-electron chi connectivity index (χ2n) is 5.67. The minimum Gasteiger partial charge on any atom is -0.393 e. The quantitative estimate of drug-likeness (QED) is 0.691. The number of hydrogen-bond acceptors (Lipinski definition) is 2. The molecule has 0 radical (unpaired) electrons. The molecular formula is C14H31NO. The smallest absolute Gasteiger partial charge is 0.0575 e. The van der Waals surface area contributed by atoms with Crippen molar-refractivity contribution in [3.63, 3.8) is 0 Å². The molecule has 0 saturated heterocycles. The standard InChI is InChI=1S/C14H31NO/c1-7-13(8-2)10-15(9-3)11-14(5,6)12(4)16/h12-13,16H,7-11H2,1-6H3. The van der Waals surface area contributed by atoms with Crippen LogP contribution in [-0.2, 0) is 0 Å². The van der Waals surface area contributed by atoms with Crippen molar-refractivity contribution in [1.29, 1.82) is 0 Å². The predicted molar refractivity (Wildman–Crippen MR) is 71.6 cm³/mol. The van der Waals surface area contributed by atoms with Gasteiger partial charge in [-0.25, -0.2) is 0 Å². The minimum atomic E-state index is -0.247. The Labute approximate surface area is 102 Å². The fourth-order valence-electron chi connectivity index (χ4n) is 1.93. The molecule has 0 rings (SSSR count). The van der Waals surface area contributed by atoms with Crippen LogP contribution < -0.4 is 0 Å². The highest BCUT2D eigenvalue weighted by atomic mass is 16.3. The van der Waals surface area contributed by atoms with Crippen molar-refractivity contribution in [3.05, 3.63) is 0 Å². The first kappa shape index (κ1) is 15.9. The summed E-state index contributed by atoms with van der Waals surface area (Å²) in [5.41, 5.74) is -0.0119. The molecule has 0 aliphatic rings. The molecule has 0 heterocycles. The number of nitrogens with zero attached hydrogens (tertiary/aromatic N) is 1. The molecule has 0 saturated carbocycles. The maximum Gasteiger partial charge on any atom is 0.0575 e. The van der Waals surface area contributed by atoms with Gasteiger partial charge in [-0.3, -0.25) is 0 Å². The molecule has 16 heavy (non-hydrogen) atoms. The van der Waals surface area contributed by atoms with Gasteiger partial charge in [0.05, 0.1) is 6.10 Å². The molecule has 0 aromatic rings. The van der Waals surface area contributed by atoms with Gasteiger partial charge in [-0.15, -0.1) is 0 Å². The summed E-state index contributed by atoms with van der Waals surface area (Å²) >= 11 is 0. The maximum atomic E-state index is 9.75. The largest absolute Gasteiger partial charge is 0.393 e. The van der Waals surface area contributed by atoms with Crippen LogP contribution in [0.4, 0.5) is 0 Å². The van der Waals surface area contributed by atoms with E-state index in [4.69, 9.17) is 0 Å². The van der Waals surface area contributed by atoms with Gasteiger partial charge in [-0.2, -0.15) is 0 Å². The van der Waals surface area contributed by atoms with Crippen LogP contribution in [0, 0.1) is 11.3 Å². The summed E-state index contributed by atoms with van der Waals surface area (Å²) in [6.07, 6.45) is 2.26. The van der Waals surface area contributed by atoms with E-state index in [1.807, 2.05) is 6.92 Å². The van der Waals surface area contributed by atoms with E-state index in [-0.39, 0.29) is 11.5 Å². The van der Waals surface area contributed by atoms with E-state index in [1.54, 1.807) is 0 Å². The first-order chi connectivity index (χ1) is 7.37. The van der Waals surface area contributed by atoms with E-state index in [1.165, 1.54) is 19.4 Å². The Bertz CT molecular complexity index is 174. The van der Waals surface area contributed by atoms with Gasteiger partial charge >= 0.3 is 0 Å². The zero-order valence-electron chi connectivity index (χ0n) is 12.1. The molecule has 0 bridgehead atoms. The summed E-state index contributed by atoms with van der Waals surface area (Å²) in [7, 11) is 0. The summed E-state index contributed by atoms with van der Waals surface area (Å²) in [6, 6.07) is 0. The number of aliphatic hydroxyl groups is 1. The third kappa shape index (κ3) is 5.31. The van der Waals surface area contributed by atoms with Gasteiger partial charge in [-0.05, 0) is 19.4 Å². The second-order valence-corrected chi connectivity index (χ2v) is 5.67. The Morgan fingerprint density at radius 2 is 1.62 bits per heavy atom. The molecule has 0 fully saturated rings. The second kappa shape index (κ2) is 7.29. The Balaban J connectivity index is 4.29. The molecule has 2 nitrogen and oxygen atoms in total. The van der Waals surface area contributed by atoms with Crippen molar-refractivity contribution in [2.45, 2.75) is 60.5 Å². The van der Waals surface area contributed by atoms with E-state index < -0.39 is 0 Å². The molecule has 0 aliphatic heterocycles. The molecule has 0 amide bonds. The van der Waals surface area contributed by atoms with E-state index in [0.29, 0.717) is 0 Å². The zero-order chi connectivity index (χ0) is 12.8. The molecular weight excluding hydrogens is 198 g/mol. The summed E-state index contributed by atoms with van der Waals surface area (Å²) in [6.45, 7) is 16.2. The third-order valence-electron chi connectivity index (χ3n) is 3.88. The van der Waals surface area contributed by atoms with E-state index in [9.17, 15) is 5.11 Å². The van der Waals surface area contributed by atoms with Crippen molar-refractivity contribution in [3.8, 4) is 0 Å². The van der Waals surface area contributed by atoms with E-state index in [2.05, 4.69) is 39.5 Å². The lowest BCUT2D eigenvalue weighted by molar-refractivity contribution is 0.0314. The maximum absolute atomic E-state index is 9.75. The number of aliphatic hydroxyl groups excluding tert-OH is 1. The van der Waals surface area contributed by atoms with Crippen LogP contribution in [0.1, 0.15) is 54.4 Å². The highest BCUT2D eigenvalue weighted by Gasteiger charge is 2.27. The lowest BCUT2D eigenvalue weighted by Gasteiger charge is -2.35. The van der Waals surface area contributed by atoms with Gasteiger partial charge in [0.2, 0.25) is 0 Å². The van der Waals surface area contributed by atoms with Crippen LogP contribution in [0.15, 0.2) is 0 Å². The van der Waals surface area contributed by atoms with Gasteiger partial charge in [0, 0.05) is 18.5 Å². The Kier molecular flexibility index (Phi) is 7.25. The van der Waals surface area contributed by atoms with Gasteiger partial charge in [-0.1, -0.05) is 47.5 Å². The van der Waals surface area contributed by atoms with Gasteiger partial charge < -0.3 is 10.0 Å². The van der Waals surface area contributed by atoms with E-state index in [0.717, 1.165) is 19.0 Å². The average molecular weight is 229 g/mol. The van der Waals surface area contributed by atoms with E-state index >= 15 is 0 Å². The van der Waals surface area contributed by atoms with Crippen molar-refractivity contribution in [2.75, 3.05) is 19.6 Å². The van der Waals surface area contributed by atoms with Crippen LogP contribution >= 0.6 is 0 Å².